The molecular weight excluding hydrogens is 292 g/mol. The Morgan fingerprint density at radius 2 is 1.86 bits per heavy atom. The Morgan fingerprint density at radius 1 is 1.10 bits per heavy atom. The van der Waals surface area contributed by atoms with Crippen LogP contribution in [-0.4, -0.2) is 6.04 Å². The molecule has 0 unspecified atom stereocenters. The summed E-state index contributed by atoms with van der Waals surface area (Å²) in [7, 11) is 0. The fourth-order valence-corrected chi connectivity index (χ4v) is 2.56. The lowest BCUT2D eigenvalue weighted by Gasteiger charge is -2.13. The molecule has 0 aromatic heterocycles. The second kappa shape index (κ2) is 5.74. The highest BCUT2D eigenvalue weighted by Crippen LogP contribution is 2.31. The van der Waals surface area contributed by atoms with Gasteiger partial charge in [0.05, 0.1) is 0 Å². The zero-order valence-corrected chi connectivity index (χ0v) is 12.5. The van der Waals surface area contributed by atoms with Crippen molar-refractivity contribution in [3.05, 3.63) is 58.1 Å². The highest BCUT2D eigenvalue weighted by Gasteiger charge is 2.21. The van der Waals surface area contributed by atoms with E-state index in [0.29, 0.717) is 28.7 Å². The van der Waals surface area contributed by atoms with Crippen molar-refractivity contribution < 1.29 is 8.78 Å². The van der Waals surface area contributed by atoms with Crippen LogP contribution in [0.25, 0.3) is 11.1 Å². The Labute approximate surface area is 127 Å². The van der Waals surface area contributed by atoms with E-state index in [-0.39, 0.29) is 5.56 Å². The van der Waals surface area contributed by atoms with Crippen LogP contribution in [-0.2, 0) is 6.54 Å². The Morgan fingerprint density at radius 3 is 2.57 bits per heavy atom. The van der Waals surface area contributed by atoms with Crippen molar-refractivity contribution in [1.29, 1.82) is 0 Å². The fourth-order valence-electron chi connectivity index (χ4n) is 2.37. The van der Waals surface area contributed by atoms with Crippen molar-refractivity contribution in [3.8, 4) is 11.1 Å². The first-order chi connectivity index (χ1) is 10.0. The predicted molar refractivity (Wildman–Crippen MR) is 81.4 cm³/mol. The normalized spacial score (nSPS) is 14.5. The summed E-state index contributed by atoms with van der Waals surface area (Å²) < 4.78 is 28.0. The zero-order chi connectivity index (χ0) is 15.0. The number of halogens is 3. The van der Waals surface area contributed by atoms with Crippen molar-refractivity contribution in [2.75, 3.05) is 0 Å². The van der Waals surface area contributed by atoms with Crippen LogP contribution in [0.1, 0.15) is 24.0 Å². The number of hydrogen-bond acceptors (Lipinski definition) is 1. The second-order valence-corrected chi connectivity index (χ2v) is 5.97. The lowest BCUT2D eigenvalue weighted by atomic mass is 9.97. The minimum atomic E-state index is -0.413. The van der Waals surface area contributed by atoms with E-state index < -0.39 is 11.6 Å². The standard InChI is InChI=1S/C17H16ClF2N/c1-10-6-17(20)15(8-16(10)19)14-5-2-12(18)7-11(14)9-21-13-3-4-13/h2,5-8,13,21H,3-4,9H2,1H3. The topological polar surface area (TPSA) is 12.0 Å². The molecule has 1 N–H and O–H groups in total. The van der Waals surface area contributed by atoms with E-state index in [1.165, 1.54) is 25.0 Å². The molecule has 0 atom stereocenters. The van der Waals surface area contributed by atoms with Crippen LogP contribution in [0.4, 0.5) is 8.78 Å². The molecule has 0 bridgehead atoms. The van der Waals surface area contributed by atoms with Gasteiger partial charge in [0, 0.05) is 23.2 Å². The molecule has 110 valence electrons. The minimum absolute atomic E-state index is 0.280. The first-order valence-electron chi connectivity index (χ1n) is 7.02. The molecule has 1 fully saturated rings. The van der Waals surface area contributed by atoms with Gasteiger partial charge >= 0.3 is 0 Å². The first-order valence-corrected chi connectivity index (χ1v) is 7.40. The third kappa shape index (κ3) is 3.25. The van der Waals surface area contributed by atoms with E-state index in [2.05, 4.69) is 5.32 Å². The highest BCUT2D eigenvalue weighted by molar-refractivity contribution is 6.30. The van der Waals surface area contributed by atoms with Crippen molar-refractivity contribution in [1.82, 2.24) is 5.32 Å². The van der Waals surface area contributed by atoms with Gasteiger partial charge in [-0.15, -0.1) is 0 Å². The number of benzene rings is 2. The Balaban J connectivity index is 2.02. The average molecular weight is 308 g/mol. The molecule has 2 aromatic rings. The fraction of sp³-hybridized carbons (Fsp3) is 0.294. The van der Waals surface area contributed by atoms with Crippen LogP contribution >= 0.6 is 11.6 Å². The monoisotopic (exact) mass is 307 g/mol. The van der Waals surface area contributed by atoms with Gasteiger partial charge in [0.15, 0.2) is 0 Å². The lowest BCUT2D eigenvalue weighted by Crippen LogP contribution is -2.16. The van der Waals surface area contributed by atoms with E-state index >= 15 is 0 Å². The van der Waals surface area contributed by atoms with E-state index in [1.54, 1.807) is 19.1 Å². The molecule has 4 heteroatoms. The van der Waals surface area contributed by atoms with Gasteiger partial charge in [0.25, 0.3) is 0 Å². The van der Waals surface area contributed by atoms with Gasteiger partial charge in [0.1, 0.15) is 11.6 Å². The lowest BCUT2D eigenvalue weighted by molar-refractivity contribution is 0.595. The van der Waals surface area contributed by atoms with Gasteiger partial charge in [0.2, 0.25) is 0 Å². The van der Waals surface area contributed by atoms with Gasteiger partial charge in [-0.1, -0.05) is 17.7 Å². The number of hydrogen-bond donors (Lipinski definition) is 1. The molecular formula is C17H16ClF2N. The van der Waals surface area contributed by atoms with E-state index in [1.807, 2.05) is 6.07 Å². The van der Waals surface area contributed by atoms with E-state index in [9.17, 15) is 8.78 Å². The van der Waals surface area contributed by atoms with Crippen molar-refractivity contribution >= 4 is 11.6 Å². The van der Waals surface area contributed by atoms with Crippen LogP contribution in [0.5, 0.6) is 0 Å². The highest BCUT2D eigenvalue weighted by atomic mass is 35.5. The van der Waals surface area contributed by atoms with Crippen LogP contribution in [0.2, 0.25) is 5.02 Å². The third-order valence-electron chi connectivity index (χ3n) is 3.76. The molecule has 0 saturated heterocycles. The van der Waals surface area contributed by atoms with Crippen molar-refractivity contribution in [3.63, 3.8) is 0 Å². The summed E-state index contributed by atoms with van der Waals surface area (Å²) in [5.41, 5.74) is 2.16. The maximum Gasteiger partial charge on any atom is 0.131 e. The second-order valence-electron chi connectivity index (χ2n) is 5.54. The van der Waals surface area contributed by atoms with Gasteiger partial charge < -0.3 is 5.32 Å². The molecule has 3 rings (SSSR count). The van der Waals surface area contributed by atoms with Crippen LogP contribution in [0.3, 0.4) is 0 Å². The van der Waals surface area contributed by atoms with Gasteiger partial charge in [-0.3, -0.25) is 0 Å². The molecule has 0 radical (unpaired) electrons. The molecule has 1 aliphatic carbocycles. The van der Waals surface area contributed by atoms with E-state index in [4.69, 9.17) is 11.6 Å². The molecule has 1 aliphatic rings. The minimum Gasteiger partial charge on any atom is -0.310 e. The first kappa shape index (κ1) is 14.5. The summed E-state index contributed by atoms with van der Waals surface area (Å²) in [4.78, 5) is 0. The third-order valence-corrected chi connectivity index (χ3v) is 4.00. The van der Waals surface area contributed by atoms with Crippen LogP contribution in [0, 0.1) is 18.6 Å². The Bertz CT molecular complexity index is 681. The average Bonchev–Trinajstić information content (AvgIpc) is 3.25. The summed E-state index contributed by atoms with van der Waals surface area (Å²) >= 11 is 6.04. The molecule has 1 nitrogen and oxygen atoms in total. The Hall–Kier alpha value is -1.45. The van der Waals surface area contributed by atoms with Crippen molar-refractivity contribution in [2.24, 2.45) is 0 Å². The molecule has 0 amide bonds. The molecule has 2 aromatic carbocycles. The van der Waals surface area contributed by atoms with Crippen molar-refractivity contribution in [2.45, 2.75) is 32.4 Å². The van der Waals surface area contributed by atoms with Gasteiger partial charge in [-0.25, -0.2) is 8.78 Å². The predicted octanol–water partition coefficient (Wildman–Crippen LogP) is 4.85. The van der Waals surface area contributed by atoms with Crippen LogP contribution < -0.4 is 5.32 Å². The quantitative estimate of drug-likeness (QED) is 0.852. The smallest absolute Gasteiger partial charge is 0.131 e. The van der Waals surface area contributed by atoms with Gasteiger partial charge in [-0.05, 0) is 60.7 Å². The number of nitrogens with one attached hydrogen (secondary N) is 1. The van der Waals surface area contributed by atoms with E-state index in [0.717, 1.165) is 5.56 Å². The zero-order valence-electron chi connectivity index (χ0n) is 11.7. The molecule has 0 spiro atoms. The molecule has 1 saturated carbocycles. The number of rotatable bonds is 4. The summed E-state index contributed by atoms with van der Waals surface area (Å²) in [6, 6.07) is 8.29. The summed E-state index contributed by atoms with van der Waals surface area (Å²) in [6.07, 6.45) is 2.34. The molecule has 0 aliphatic heterocycles. The maximum atomic E-state index is 14.2. The summed E-state index contributed by atoms with van der Waals surface area (Å²) in [6.45, 7) is 2.16. The largest absolute Gasteiger partial charge is 0.310 e. The summed E-state index contributed by atoms with van der Waals surface area (Å²) in [5.74, 6) is -0.814. The van der Waals surface area contributed by atoms with Crippen LogP contribution in [0.15, 0.2) is 30.3 Å². The Kier molecular flexibility index (Phi) is 3.96. The molecule has 0 heterocycles. The summed E-state index contributed by atoms with van der Waals surface area (Å²) in [5, 5.41) is 3.98. The number of aryl methyl sites for hydroxylation is 1. The SMILES string of the molecule is Cc1cc(F)c(-c2ccc(Cl)cc2CNC2CC2)cc1F. The molecule has 21 heavy (non-hydrogen) atoms. The maximum absolute atomic E-state index is 14.2. The van der Waals surface area contributed by atoms with Gasteiger partial charge in [-0.2, -0.15) is 0 Å².